The molecule has 1 aromatic rings. The molecule has 0 radical (unpaired) electrons. The Hall–Kier alpha value is -0.450. The highest BCUT2D eigenvalue weighted by Gasteiger charge is 2.23. The molecule has 1 aromatic heterocycles. The SMILES string of the molecule is c1sc(C2CCOCC2)nc1[C@@H]1CCCN1. The topological polar surface area (TPSA) is 34.1 Å². The van der Waals surface area contributed by atoms with Crippen LogP contribution in [0.25, 0.3) is 0 Å². The zero-order chi connectivity index (χ0) is 10.8. The Morgan fingerprint density at radius 3 is 2.94 bits per heavy atom. The molecule has 2 aliphatic heterocycles. The molecule has 0 aliphatic carbocycles. The van der Waals surface area contributed by atoms with E-state index in [9.17, 15) is 0 Å². The Morgan fingerprint density at radius 2 is 2.19 bits per heavy atom. The Labute approximate surface area is 100 Å². The second kappa shape index (κ2) is 4.82. The highest BCUT2D eigenvalue weighted by molar-refractivity contribution is 7.09. The first-order valence-corrected chi connectivity index (χ1v) is 7.08. The van der Waals surface area contributed by atoms with Crippen LogP contribution in [0, 0.1) is 0 Å². The smallest absolute Gasteiger partial charge is 0.0961 e. The van der Waals surface area contributed by atoms with Crippen molar-refractivity contribution in [1.82, 2.24) is 10.3 Å². The summed E-state index contributed by atoms with van der Waals surface area (Å²) in [5.41, 5.74) is 1.27. The molecule has 3 rings (SSSR count). The largest absolute Gasteiger partial charge is 0.381 e. The number of ether oxygens (including phenoxy) is 1. The predicted octanol–water partition coefficient (Wildman–Crippen LogP) is 2.46. The summed E-state index contributed by atoms with van der Waals surface area (Å²) < 4.78 is 5.39. The molecular formula is C12H18N2OS. The third-order valence-electron chi connectivity index (χ3n) is 3.53. The number of hydrogen-bond acceptors (Lipinski definition) is 4. The van der Waals surface area contributed by atoms with E-state index in [1.807, 2.05) is 11.3 Å². The van der Waals surface area contributed by atoms with E-state index in [0.29, 0.717) is 12.0 Å². The van der Waals surface area contributed by atoms with Crippen LogP contribution in [0.15, 0.2) is 5.38 Å². The summed E-state index contributed by atoms with van der Waals surface area (Å²) >= 11 is 1.84. The summed E-state index contributed by atoms with van der Waals surface area (Å²) in [7, 11) is 0. The molecule has 2 saturated heterocycles. The molecule has 0 saturated carbocycles. The number of aromatic nitrogens is 1. The van der Waals surface area contributed by atoms with E-state index in [-0.39, 0.29) is 0 Å². The molecule has 4 heteroatoms. The van der Waals surface area contributed by atoms with Gasteiger partial charge >= 0.3 is 0 Å². The predicted molar refractivity (Wildman–Crippen MR) is 64.9 cm³/mol. The standard InChI is InChI=1S/C12H18N2OS/c1-2-10(13-5-1)11-8-16-12(14-11)9-3-6-15-7-4-9/h8-10,13H,1-7H2/t10-/m0/s1. The van der Waals surface area contributed by atoms with Gasteiger partial charge in [0.05, 0.1) is 16.7 Å². The lowest BCUT2D eigenvalue weighted by Crippen LogP contribution is -2.15. The maximum Gasteiger partial charge on any atom is 0.0961 e. The van der Waals surface area contributed by atoms with E-state index in [1.54, 1.807) is 0 Å². The number of rotatable bonds is 2. The van der Waals surface area contributed by atoms with Gasteiger partial charge in [-0.15, -0.1) is 11.3 Å². The second-order valence-electron chi connectivity index (χ2n) is 4.65. The van der Waals surface area contributed by atoms with Gasteiger partial charge in [-0.25, -0.2) is 4.98 Å². The lowest BCUT2D eigenvalue weighted by molar-refractivity contribution is 0.0852. The summed E-state index contributed by atoms with van der Waals surface area (Å²) in [6.07, 6.45) is 4.82. The fraction of sp³-hybridized carbons (Fsp3) is 0.750. The average Bonchev–Trinajstić information content (AvgIpc) is 3.01. The Bertz CT molecular complexity index is 341. The molecule has 3 nitrogen and oxygen atoms in total. The van der Waals surface area contributed by atoms with E-state index in [2.05, 4.69) is 10.7 Å². The van der Waals surface area contributed by atoms with Gasteiger partial charge in [-0.3, -0.25) is 0 Å². The van der Waals surface area contributed by atoms with E-state index >= 15 is 0 Å². The molecule has 3 heterocycles. The molecule has 0 bridgehead atoms. The van der Waals surface area contributed by atoms with Crippen molar-refractivity contribution in [2.24, 2.45) is 0 Å². The Kier molecular flexibility index (Phi) is 3.22. The van der Waals surface area contributed by atoms with E-state index in [1.165, 1.54) is 23.5 Å². The lowest BCUT2D eigenvalue weighted by Gasteiger charge is -2.19. The molecular weight excluding hydrogens is 220 g/mol. The minimum atomic E-state index is 0.518. The Morgan fingerprint density at radius 1 is 1.31 bits per heavy atom. The van der Waals surface area contributed by atoms with Crippen LogP contribution in [0.3, 0.4) is 0 Å². The number of hydrogen-bond donors (Lipinski definition) is 1. The van der Waals surface area contributed by atoms with Gasteiger partial charge in [-0.1, -0.05) is 0 Å². The van der Waals surface area contributed by atoms with Gasteiger partial charge < -0.3 is 10.1 Å². The molecule has 0 unspecified atom stereocenters. The molecule has 1 N–H and O–H groups in total. The summed E-state index contributed by atoms with van der Waals surface area (Å²) in [4.78, 5) is 4.82. The summed E-state index contributed by atoms with van der Waals surface area (Å²) in [6.45, 7) is 2.96. The van der Waals surface area contributed by atoms with Crippen molar-refractivity contribution in [1.29, 1.82) is 0 Å². The zero-order valence-corrected chi connectivity index (χ0v) is 10.3. The first-order valence-electron chi connectivity index (χ1n) is 6.20. The van der Waals surface area contributed by atoms with E-state index in [0.717, 1.165) is 32.6 Å². The van der Waals surface area contributed by atoms with Crippen LogP contribution >= 0.6 is 11.3 Å². The maximum atomic E-state index is 5.39. The van der Waals surface area contributed by atoms with Crippen LogP contribution in [-0.2, 0) is 4.74 Å². The fourth-order valence-electron chi connectivity index (χ4n) is 2.53. The van der Waals surface area contributed by atoms with Gasteiger partial charge in [0, 0.05) is 24.5 Å². The van der Waals surface area contributed by atoms with E-state index < -0.39 is 0 Å². The molecule has 0 amide bonds. The van der Waals surface area contributed by atoms with Crippen molar-refractivity contribution in [2.45, 2.75) is 37.6 Å². The summed E-state index contributed by atoms with van der Waals surface area (Å²) in [5, 5.41) is 7.08. The van der Waals surface area contributed by atoms with Gasteiger partial charge in [0.2, 0.25) is 0 Å². The van der Waals surface area contributed by atoms with Crippen LogP contribution in [0.1, 0.15) is 48.3 Å². The monoisotopic (exact) mass is 238 g/mol. The van der Waals surface area contributed by atoms with Gasteiger partial charge in [0.1, 0.15) is 0 Å². The van der Waals surface area contributed by atoms with Crippen LogP contribution in [0.2, 0.25) is 0 Å². The number of nitrogens with one attached hydrogen (secondary N) is 1. The average molecular weight is 238 g/mol. The summed E-state index contributed by atoms with van der Waals surface area (Å²) in [6, 6.07) is 0.518. The highest BCUT2D eigenvalue weighted by atomic mass is 32.1. The second-order valence-corrected chi connectivity index (χ2v) is 5.54. The van der Waals surface area contributed by atoms with Crippen molar-refractivity contribution in [3.05, 3.63) is 16.1 Å². The van der Waals surface area contributed by atoms with Gasteiger partial charge in [-0.05, 0) is 32.2 Å². The normalized spacial score (nSPS) is 27.4. The molecule has 0 spiro atoms. The van der Waals surface area contributed by atoms with Crippen LogP contribution < -0.4 is 5.32 Å². The first kappa shape index (κ1) is 10.7. The fourth-order valence-corrected chi connectivity index (χ4v) is 3.57. The van der Waals surface area contributed by atoms with Crippen molar-refractivity contribution in [2.75, 3.05) is 19.8 Å². The van der Waals surface area contributed by atoms with Crippen molar-refractivity contribution >= 4 is 11.3 Å². The van der Waals surface area contributed by atoms with Crippen LogP contribution in [0.4, 0.5) is 0 Å². The maximum absolute atomic E-state index is 5.39. The Balaban J connectivity index is 1.71. The summed E-state index contributed by atoms with van der Waals surface area (Å²) in [5.74, 6) is 0.647. The molecule has 16 heavy (non-hydrogen) atoms. The van der Waals surface area contributed by atoms with Crippen LogP contribution in [0.5, 0.6) is 0 Å². The molecule has 1 atom stereocenters. The van der Waals surface area contributed by atoms with E-state index in [4.69, 9.17) is 9.72 Å². The third-order valence-corrected chi connectivity index (χ3v) is 4.55. The highest BCUT2D eigenvalue weighted by Crippen LogP contribution is 2.32. The number of thiazole rings is 1. The van der Waals surface area contributed by atoms with Crippen LogP contribution in [-0.4, -0.2) is 24.7 Å². The molecule has 0 aromatic carbocycles. The molecule has 88 valence electrons. The third kappa shape index (κ3) is 2.14. The quantitative estimate of drug-likeness (QED) is 0.859. The molecule has 2 fully saturated rings. The van der Waals surface area contributed by atoms with Crippen molar-refractivity contribution in [3.8, 4) is 0 Å². The lowest BCUT2D eigenvalue weighted by atomic mass is 10.0. The van der Waals surface area contributed by atoms with Gasteiger partial charge in [0.15, 0.2) is 0 Å². The first-order chi connectivity index (χ1) is 7.93. The minimum absolute atomic E-state index is 0.518. The van der Waals surface area contributed by atoms with Crippen molar-refractivity contribution in [3.63, 3.8) is 0 Å². The zero-order valence-electron chi connectivity index (χ0n) is 9.45. The van der Waals surface area contributed by atoms with Gasteiger partial charge in [-0.2, -0.15) is 0 Å². The van der Waals surface area contributed by atoms with Crippen molar-refractivity contribution < 1.29 is 4.74 Å². The van der Waals surface area contributed by atoms with Gasteiger partial charge in [0.25, 0.3) is 0 Å². The minimum Gasteiger partial charge on any atom is -0.381 e. The molecule has 2 aliphatic rings. The number of nitrogens with zero attached hydrogens (tertiary/aromatic N) is 1.